The molecule has 2 N–H and O–H groups in total. The summed E-state index contributed by atoms with van der Waals surface area (Å²) in [6, 6.07) is 12.2. The number of carbonyl (C=O) groups excluding carboxylic acids is 2. The minimum Gasteiger partial charge on any atom is -0.480 e. The number of benzene rings is 2. The first kappa shape index (κ1) is 24.8. The Morgan fingerprint density at radius 3 is 1.47 bits per heavy atom. The van der Waals surface area contributed by atoms with Crippen LogP contribution in [0, 0.1) is 0 Å². The number of carbonyl (C=O) groups is 4. The second-order valence-corrected chi connectivity index (χ2v) is 11.6. The number of aliphatic carboxylic acids is 2. The molecule has 8 nitrogen and oxygen atoms in total. The van der Waals surface area contributed by atoms with Crippen molar-refractivity contribution in [1.82, 2.24) is 9.80 Å². The fourth-order valence-electron chi connectivity index (χ4n) is 3.53. The Hall–Kier alpha value is -2.28. The number of hydrogen-bond donors (Lipinski definition) is 2. The van der Waals surface area contributed by atoms with E-state index in [-0.39, 0.29) is 11.8 Å². The van der Waals surface area contributed by atoms with E-state index in [1.54, 1.807) is 48.5 Å². The Morgan fingerprint density at radius 2 is 1.09 bits per heavy atom. The summed E-state index contributed by atoms with van der Waals surface area (Å²) < 4.78 is 0. The van der Waals surface area contributed by atoms with Crippen molar-refractivity contribution < 1.29 is 29.4 Å². The number of carboxylic acids is 2. The van der Waals surface area contributed by atoms with E-state index < -0.39 is 24.0 Å². The Morgan fingerprint density at radius 1 is 0.706 bits per heavy atom. The molecule has 2 heterocycles. The molecular formula is C22H20N2O6S4. The van der Waals surface area contributed by atoms with E-state index in [9.17, 15) is 29.4 Å². The lowest BCUT2D eigenvalue weighted by atomic mass is 10.2. The summed E-state index contributed by atoms with van der Waals surface area (Å²) in [7, 11) is 2.60. The molecule has 4 rings (SSSR count). The van der Waals surface area contributed by atoms with Crippen molar-refractivity contribution >= 4 is 68.9 Å². The van der Waals surface area contributed by atoms with Crippen LogP contribution in [0.25, 0.3) is 0 Å². The van der Waals surface area contributed by atoms with Gasteiger partial charge in [-0.2, -0.15) is 0 Å². The van der Waals surface area contributed by atoms with Crippen molar-refractivity contribution in [1.29, 1.82) is 0 Å². The van der Waals surface area contributed by atoms with Gasteiger partial charge in [-0.3, -0.25) is 9.59 Å². The van der Waals surface area contributed by atoms with Gasteiger partial charge in [-0.25, -0.2) is 9.59 Å². The summed E-state index contributed by atoms with van der Waals surface area (Å²) in [6.07, 6.45) is 0. The standard InChI is InChI=1S/C22H20N2O6S4/c25-19(23-11-31-9-15(23)21(27)28)13-5-1-3-7-17(13)33-34-18-8-4-2-6-14(18)20(26)24-12-32-10-16(24)22(29)30/h1-8,15-16H,9-12H2,(H,27,28)(H,29,30). The van der Waals surface area contributed by atoms with Gasteiger partial charge in [0.15, 0.2) is 0 Å². The molecule has 2 saturated heterocycles. The predicted octanol–water partition coefficient (Wildman–Crippen LogP) is 3.69. The fourth-order valence-corrected chi connectivity index (χ4v) is 8.16. The van der Waals surface area contributed by atoms with Gasteiger partial charge in [0.05, 0.1) is 22.9 Å². The lowest BCUT2D eigenvalue weighted by Crippen LogP contribution is -2.42. The van der Waals surface area contributed by atoms with Crippen molar-refractivity contribution in [2.24, 2.45) is 0 Å². The number of amides is 2. The van der Waals surface area contributed by atoms with E-state index in [2.05, 4.69) is 0 Å². The average Bonchev–Trinajstić information content (AvgIpc) is 3.52. The van der Waals surface area contributed by atoms with Crippen LogP contribution in [0.5, 0.6) is 0 Å². The Bertz CT molecular complexity index is 1040. The van der Waals surface area contributed by atoms with Crippen molar-refractivity contribution in [3.05, 3.63) is 59.7 Å². The van der Waals surface area contributed by atoms with Gasteiger partial charge in [0.25, 0.3) is 11.8 Å². The highest BCUT2D eigenvalue weighted by Crippen LogP contribution is 2.41. The normalized spacial score (nSPS) is 19.9. The molecule has 34 heavy (non-hydrogen) atoms. The topological polar surface area (TPSA) is 115 Å². The van der Waals surface area contributed by atoms with E-state index in [1.165, 1.54) is 54.9 Å². The van der Waals surface area contributed by atoms with E-state index in [0.717, 1.165) is 0 Å². The van der Waals surface area contributed by atoms with Gasteiger partial charge in [0, 0.05) is 21.3 Å². The molecule has 2 amide bonds. The summed E-state index contributed by atoms with van der Waals surface area (Å²) in [6.45, 7) is 0. The quantitative estimate of drug-likeness (QED) is 0.508. The first-order chi connectivity index (χ1) is 16.4. The Labute approximate surface area is 212 Å². The molecule has 0 bridgehead atoms. The number of carboxylic acid groups (broad SMARTS) is 2. The van der Waals surface area contributed by atoms with Crippen LogP contribution in [-0.2, 0) is 9.59 Å². The van der Waals surface area contributed by atoms with Gasteiger partial charge in [-0.1, -0.05) is 45.9 Å². The molecule has 0 aliphatic carbocycles. The third-order valence-corrected chi connectivity index (χ3v) is 9.82. The molecule has 0 aromatic heterocycles. The van der Waals surface area contributed by atoms with Crippen LogP contribution in [0.2, 0.25) is 0 Å². The summed E-state index contributed by atoms with van der Waals surface area (Å²) in [5.74, 6) is -1.39. The molecule has 0 radical (unpaired) electrons. The number of thioether (sulfide) groups is 2. The van der Waals surface area contributed by atoms with Gasteiger partial charge < -0.3 is 20.0 Å². The molecule has 0 spiro atoms. The predicted molar refractivity (Wildman–Crippen MR) is 134 cm³/mol. The van der Waals surface area contributed by atoms with Crippen molar-refractivity contribution in [2.45, 2.75) is 21.9 Å². The van der Waals surface area contributed by atoms with E-state index in [0.29, 0.717) is 44.2 Å². The molecule has 2 aliphatic heterocycles. The van der Waals surface area contributed by atoms with Crippen molar-refractivity contribution in [3.8, 4) is 0 Å². The Kier molecular flexibility index (Phi) is 8.02. The molecule has 2 atom stereocenters. The lowest BCUT2D eigenvalue weighted by Gasteiger charge is -2.22. The maximum atomic E-state index is 13.2. The SMILES string of the molecule is O=C(O)C1CSCN1C(=O)c1ccccc1SSc1ccccc1C(=O)N1CSCC1C(=O)O. The zero-order chi connectivity index (χ0) is 24.2. The highest BCUT2D eigenvalue weighted by molar-refractivity contribution is 8.76. The van der Waals surface area contributed by atoms with Gasteiger partial charge in [0.1, 0.15) is 12.1 Å². The van der Waals surface area contributed by atoms with Crippen LogP contribution in [0.15, 0.2) is 58.3 Å². The van der Waals surface area contributed by atoms with Gasteiger partial charge >= 0.3 is 11.9 Å². The van der Waals surface area contributed by atoms with Crippen LogP contribution in [0.4, 0.5) is 0 Å². The number of hydrogen-bond acceptors (Lipinski definition) is 8. The number of rotatable bonds is 7. The minimum absolute atomic E-state index is 0.317. The summed E-state index contributed by atoms with van der Waals surface area (Å²) in [5, 5.41) is 18.9. The monoisotopic (exact) mass is 536 g/mol. The zero-order valence-corrected chi connectivity index (χ0v) is 20.9. The third kappa shape index (κ3) is 5.19. The van der Waals surface area contributed by atoms with Gasteiger partial charge in [-0.15, -0.1) is 23.5 Å². The average molecular weight is 537 g/mol. The zero-order valence-electron chi connectivity index (χ0n) is 17.7. The smallest absolute Gasteiger partial charge is 0.327 e. The Balaban J connectivity index is 1.54. The second kappa shape index (κ2) is 11.0. The third-order valence-electron chi connectivity index (χ3n) is 5.31. The largest absolute Gasteiger partial charge is 0.480 e. The molecule has 0 saturated carbocycles. The molecule has 2 aromatic carbocycles. The molecule has 2 fully saturated rings. The molecule has 2 aliphatic rings. The van der Waals surface area contributed by atoms with Crippen LogP contribution in [0.1, 0.15) is 20.7 Å². The van der Waals surface area contributed by atoms with Crippen LogP contribution in [0.3, 0.4) is 0 Å². The summed E-state index contributed by atoms with van der Waals surface area (Å²) >= 11 is 2.81. The first-order valence-electron chi connectivity index (χ1n) is 10.1. The van der Waals surface area contributed by atoms with Crippen LogP contribution < -0.4 is 0 Å². The highest BCUT2D eigenvalue weighted by Gasteiger charge is 2.37. The van der Waals surface area contributed by atoms with Crippen molar-refractivity contribution in [3.63, 3.8) is 0 Å². The molecule has 178 valence electrons. The van der Waals surface area contributed by atoms with Crippen LogP contribution >= 0.6 is 45.1 Å². The van der Waals surface area contributed by atoms with E-state index in [4.69, 9.17) is 0 Å². The molecule has 12 heteroatoms. The second-order valence-electron chi connectivity index (χ2n) is 7.42. The number of nitrogens with zero attached hydrogens (tertiary/aromatic N) is 2. The lowest BCUT2D eigenvalue weighted by molar-refractivity contribution is -0.141. The first-order valence-corrected chi connectivity index (χ1v) is 14.6. The van der Waals surface area contributed by atoms with Gasteiger partial charge in [0.2, 0.25) is 0 Å². The fraction of sp³-hybridized carbons (Fsp3) is 0.273. The maximum Gasteiger partial charge on any atom is 0.327 e. The minimum atomic E-state index is -1.02. The maximum absolute atomic E-state index is 13.2. The van der Waals surface area contributed by atoms with Crippen LogP contribution in [-0.4, -0.2) is 79.1 Å². The molecule has 2 unspecified atom stereocenters. The van der Waals surface area contributed by atoms with E-state index >= 15 is 0 Å². The summed E-state index contributed by atoms with van der Waals surface area (Å²) in [4.78, 5) is 53.4. The summed E-state index contributed by atoms with van der Waals surface area (Å²) in [5.41, 5.74) is 0.805. The van der Waals surface area contributed by atoms with E-state index in [1.807, 2.05) is 0 Å². The van der Waals surface area contributed by atoms with Crippen molar-refractivity contribution in [2.75, 3.05) is 23.3 Å². The molecular weight excluding hydrogens is 517 g/mol. The molecule has 2 aromatic rings. The van der Waals surface area contributed by atoms with Gasteiger partial charge in [-0.05, 0) is 24.3 Å². The highest BCUT2D eigenvalue weighted by atomic mass is 33.1.